The standard InChI is InChI=1S/C19H28N6OS.ClH/c1-3-25(4-2)12-15-6-5-7-16(21-15)23-19(26)24-17-13-27-18(22-17)14-8-10-20-11-9-14;/h5-7,13-14,20H,3-4,8-12H2,1-2H3,(H2,21,23,24,26);1H. The van der Waals surface area contributed by atoms with Crippen molar-refractivity contribution in [2.75, 3.05) is 36.8 Å². The molecule has 28 heavy (non-hydrogen) atoms. The third kappa shape index (κ3) is 6.41. The number of halogens is 1. The number of hydrogen-bond acceptors (Lipinski definition) is 6. The third-order valence-corrected chi connectivity index (χ3v) is 5.79. The normalized spacial score (nSPS) is 14.5. The zero-order chi connectivity index (χ0) is 19.1. The molecule has 7 nitrogen and oxygen atoms in total. The van der Waals surface area contributed by atoms with Gasteiger partial charge in [-0.1, -0.05) is 19.9 Å². The van der Waals surface area contributed by atoms with Gasteiger partial charge in [0.15, 0.2) is 0 Å². The first kappa shape index (κ1) is 22.5. The summed E-state index contributed by atoms with van der Waals surface area (Å²) < 4.78 is 0. The summed E-state index contributed by atoms with van der Waals surface area (Å²) in [5.41, 5.74) is 0.943. The maximum atomic E-state index is 12.3. The van der Waals surface area contributed by atoms with Crippen LogP contribution in [0, 0.1) is 0 Å². The Morgan fingerprint density at radius 3 is 2.61 bits per heavy atom. The third-order valence-electron chi connectivity index (χ3n) is 4.78. The van der Waals surface area contributed by atoms with E-state index in [9.17, 15) is 4.79 Å². The summed E-state index contributed by atoms with van der Waals surface area (Å²) in [4.78, 5) is 23.7. The van der Waals surface area contributed by atoms with E-state index in [4.69, 9.17) is 0 Å². The molecule has 2 aromatic rings. The largest absolute Gasteiger partial charge is 0.326 e. The summed E-state index contributed by atoms with van der Waals surface area (Å²) >= 11 is 1.62. The molecule has 1 aliphatic heterocycles. The van der Waals surface area contributed by atoms with E-state index in [1.807, 2.05) is 17.5 Å². The molecule has 3 rings (SSSR count). The Labute approximate surface area is 176 Å². The Morgan fingerprint density at radius 2 is 1.89 bits per heavy atom. The highest BCUT2D eigenvalue weighted by atomic mass is 35.5. The lowest BCUT2D eigenvalue weighted by Gasteiger charge is -2.20. The highest BCUT2D eigenvalue weighted by Gasteiger charge is 2.19. The van der Waals surface area contributed by atoms with E-state index in [1.165, 1.54) is 0 Å². The minimum absolute atomic E-state index is 0. The quantitative estimate of drug-likeness (QED) is 0.627. The number of thiazole rings is 1. The number of carbonyl (C=O) groups excluding carboxylic acids is 1. The van der Waals surface area contributed by atoms with Gasteiger partial charge in [-0.2, -0.15) is 0 Å². The van der Waals surface area contributed by atoms with Gasteiger partial charge in [0.1, 0.15) is 11.6 Å². The van der Waals surface area contributed by atoms with Crippen molar-refractivity contribution in [1.29, 1.82) is 0 Å². The zero-order valence-corrected chi connectivity index (χ0v) is 18.0. The van der Waals surface area contributed by atoms with Gasteiger partial charge in [0.05, 0.1) is 10.7 Å². The van der Waals surface area contributed by atoms with Gasteiger partial charge in [-0.05, 0) is 51.2 Å². The van der Waals surface area contributed by atoms with Gasteiger partial charge in [-0.25, -0.2) is 14.8 Å². The molecule has 154 valence electrons. The summed E-state index contributed by atoms with van der Waals surface area (Å²) in [5, 5.41) is 12.0. The number of urea groups is 1. The summed E-state index contributed by atoms with van der Waals surface area (Å²) in [7, 11) is 0. The zero-order valence-electron chi connectivity index (χ0n) is 16.4. The molecule has 0 radical (unpaired) electrons. The molecule has 0 bridgehead atoms. The van der Waals surface area contributed by atoms with Crippen LogP contribution >= 0.6 is 23.7 Å². The van der Waals surface area contributed by atoms with Crippen LogP contribution in [0.15, 0.2) is 23.6 Å². The molecule has 0 aromatic carbocycles. The van der Waals surface area contributed by atoms with Gasteiger partial charge in [0.25, 0.3) is 0 Å². The predicted octanol–water partition coefficient (Wildman–Crippen LogP) is 3.91. The van der Waals surface area contributed by atoms with Crippen LogP contribution in [0.4, 0.5) is 16.4 Å². The minimum atomic E-state index is -0.315. The number of nitrogens with zero attached hydrogens (tertiary/aromatic N) is 3. The maximum Gasteiger partial charge on any atom is 0.326 e. The minimum Gasteiger partial charge on any atom is -0.317 e. The molecule has 0 saturated carbocycles. The Morgan fingerprint density at radius 1 is 1.18 bits per heavy atom. The number of aromatic nitrogens is 2. The van der Waals surface area contributed by atoms with Gasteiger partial charge in [-0.15, -0.1) is 23.7 Å². The van der Waals surface area contributed by atoms with E-state index in [0.29, 0.717) is 17.6 Å². The van der Waals surface area contributed by atoms with Gasteiger partial charge in [-0.3, -0.25) is 15.5 Å². The maximum absolute atomic E-state index is 12.3. The van der Waals surface area contributed by atoms with E-state index in [-0.39, 0.29) is 18.4 Å². The van der Waals surface area contributed by atoms with E-state index in [1.54, 1.807) is 17.4 Å². The van der Waals surface area contributed by atoms with Crippen LogP contribution in [-0.2, 0) is 6.54 Å². The molecule has 1 saturated heterocycles. The van der Waals surface area contributed by atoms with Crippen molar-refractivity contribution >= 4 is 41.4 Å². The van der Waals surface area contributed by atoms with Crippen molar-refractivity contribution in [2.45, 2.75) is 39.2 Å². The average molecular weight is 425 g/mol. The summed E-state index contributed by atoms with van der Waals surface area (Å²) in [6.45, 7) is 9.04. The predicted molar refractivity (Wildman–Crippen MR) is 118 cm³/mol. The number of nitrogens with one attached hydrogen (secondary N) is 3. The molecule has 0 unspecified atom stereocenters. The fourth-order valence-electron chi connectivity index (χ4n) is 3.18. The van der Waals surface area contributed by atoms with Gasteiger partial charge in [0, 0.05) is 17.8 Å². The van der Waals surface area contributed by atoms with Crippen molar-refractivity contribution in [3.63, 3.8) is 0 Å². The molecule has 2 aromatic heterocycles. The lowest BCUT2D eigenvalue weighted by molar-refractivity contribution is 0.262. The molecule has 0 spiro atoms. The molecule has 1 fully saturated rings. The number of anilines is 2. The first-order chi connectivity index (χ1) is 13.2. The van der Waals surface area contributed by atoms with E-state index in [0.717, 1.165) is 56.3 Å². The molecule has 3 N–H and O–H groups in total. The highest BCUT2D eigenvalue weighted by Crippen LogP contribution is 2.29. The van der Waals surface area contributed by atoms with Gasteiger partial charge < -0.3 is 5.32 Å². The highest BCUT2D eigenvalue weighted by molar-refractivity contribution is 7.10. The van der Waals surface area contributed by atoms with E-state index < -0.39 is 0 Å². The number of pyridine rings is 1. The average Bonchev–Trinajstić information content (AvgIpc) is 3.15. The first-order valence-corrected chi connectivity index (χ1v) is 10.5. The van der Waals surface area contributed by atoms with Crippen LogP contribution in [0.1, 0.15) is 43.3 Å². The number of rotatable bonds is 7. The number of hydrogen-bond donors (Lipinski definition) is 3. The van der Waals surface area contributed by atoms with Gasteiger partial charge >= 0.3 is 6.03 Å². The number of piperidine rings is 1. The van der Waals surface area contributed by atoms with Crippen LogP contribution in [0.25, 0.3) is 0 Å². The van der Waals surface area contributed by atoms with Crippen molar-refractivity contribution in [1.82, 2.24) is 20.2 Å². The molecular formula is C19H29ClN6OS. The Kier molecular flexibility index (Phi) is 9.11. The summed E-state index contributed by atoms with van der Waals surface area (Å²) in [6, 6.07) is 5.38. The number of amides is 2. The topological polar surface area (TPSA) is 82.2 Å². The van der Waals surface area contributed by atoms with Crippen LogP contribution in [0.3, 0.4) is 0 Å². The second kappa shape index (κ2) is 11.3. The summed E-state index contributed by atoms with van der Waals surface area (Å²) in [6.07, 6.45) is 2.20. The smallest absolute Gasteiger partial charge is 0.317 e. The molecule has 2 amide bonds. The van der Waals surface area contributed by atoms with Crippen LogP contribution < -0.4 is 16.0 Å². The summed E-state index contributed by atoms with van der Waals surface area (Å²) in [5.74, 6) is 1.64. The molecule has 9 heteroatoms. The molecule has 0 aliphatic carbocycles. The van der Waals surface area contributed by atoms with E-state index >= 15 is 0 Å². The van der Waals surface area contributed by atoms with Crippen LogP contribution in [-0.4, -0.2) is 47.1 Å². The molecule has 0 atom stereocenters. The van der Waals surface area contributed by atoms with Gasteiger partial charge in [0.2, 0.25) is 0 Å². The SMILES string of the molecule is CCN(CC)Cc1cccc(NC(=O)Nc2csc(C3CCNCC3)n2)n1.Cl. The molecule has 1 aliphatic rings. The molecular weight excluding hydrogens is 396 g/mol. The fourth-order valence-corrected chi connectivity index (χ4v) is 4.10. The second-order valence-electron chi connectivity index (χ2n) is 6.65. The Hall–Kier alpha value is -1.74. The lowest BCUT2D eigenvalue weighted by Crippen LogP contribution is -2.26. The lowest BCUT2D eigenvalue weighted by atomic mass is 9.99. The van der Waals surface area contributed by atoms with E-state index in [2.05, 4.69) is 44.7 Å². The number of carbonyl (C=O) groups is 1. The van der Waals surface area contributed by atoms with Crippen LogP contribution in [0.2, 0.25) is 0 Å². The van der Waals surface area contributed by atoms with Crippen molar-refractivity contribution < 1.29 is 4.79 Å². The fraction of sp³-hybridized carbons (Fsp3) is 0.526. The van der Waals surface area contributed by atoms with Crippen molar-refractivity contribution in [3.05, 3.63) is 34.3 Å². The van der Waals surface area contributed by atoms with Crippen molar-refractivity contribution in [3.8, 4) is 0 Å². The molecule has 3 heterocycles. The first-order valence-electron chi connectivity index (χ1n) is 9.60. The van der Waals surface area contributed by atoms with Crippen LogP contribution in [0.5, 0.6) is 0 Å². The monoisotopic (exact) mass is 424 g/mol. The Bertz CT molecular complexity index is 746. The Balaban J connectivity index is 0.00000280. The van der Waals surface area contributed by atoms with Crippen molar-refractivity contribution in [2.24, 2.45) is 0 Å². The second-order valence-corrected chi connectivity index (χ2v) is 7.54.